The smallest absolute Gasteiger partial charge is 0.165 e. The van der Waals surface area contributed by atoms with Crippen LogP contribution < -0.4 is 9.47 Å². The number of carbonyl (C=O) groups excluding carboxylic acids is 1. The lowest BCUT2D eigenvalue weighted by Crippen LogP contribution is -2.50. The van der Waals surface area contributed by atoms with Crippen LogP contribution in [0, 0.1) is 17.8 Å². The minimum Gasteiger partial charge on any atom is -0.497 e. The summed E-state index contributed by atoms with van der Waals surface area (Å²) in [6.07, 6.45) is 8.33. The molecule has 1 aliphatic heterocycles. The fourth-order valence-electron chi connectivity index (χ4n) is 5.95. The first-order valence-electron chi connectivity index (χ1n) is 11.4. The summed E-state index contributed by atoms with van der Waals surface area (Å²) in [7, 11) is 1.67. The van der Waals surface area contributed by atoms with E-state index in [1.807, 2.05) is 19.1 Å². The quantitative estimate of drug-likeness (QED) is 0.664. The lowest BCUT2D eigenvalue weighted by Gasteiger charge is -2.49. The van der Waals surface area contributed by atoms with E-state index in [0.717, 1.165) is 59.5 Å². The summed E-state index contributed by atoms with van der Waals surface area (Å²) in [4.78, 5) is 13.9. The number of aliphatic hydroxyl groups is 1. The first kappa shape index (κ1) is 22.1. The molecule has 0 unspecified atom stereocenters. The van der Waals surface area contributed by atoms with Crippen LogP contribution >= 0.6 is 0 Å². The lowest BCUT2D eigenvalue weighted by molar-refractivity contribution is -0.132. The number of carbonyl (C=O) groups is 1. The van der Waals surface area contributed by atoms with Gasteiger partial charge >= 0.3 is 0 Å². The van der Waals surface area contributed by atoms with Crippen molar-refractivity contribution in [2.75, 3.05) is 7.11 Å². The summed E-state index contributed by atoms with van der Waals surface area (Å²) in [6.45, 7) is 12.0. The molecule has 1 aromatic carbocycles. The number of rotatable bonds is 4. The molecule has 0 amide bonds. The van der Waals surface area contributed by atoms with Crippen molar-refractivity contribution in [2.24, 2.45) is 10.8 Å². The van der Waals surface area contributed by atoms with Crippen molar-refractivity contribution in [3.05, 3.63) is 40.5 Å². The number of ether oxygens (including phenoxy) is 2. The Morgan fingerprint density at radius 1 is 1.19 bits per heavy atom. The maximum atomic E-state index is 13.9. The predicted octanol–water partition coefficient (Wildman–Crippen LogP) is 5.79. The largest absolute Gasteiger partial charge is 0.497 e. The van der Waals surface area contributed by atoms with E-state index in [1.165, 1.54) is 0 Å². The topological polar surface area (TPSA) is 55.8 Å². The summed E-state index contributed by atoms with van der Waals surface area (Å²) in [5, 5.41) is 10.7. The molecule has 1 N–H and O–H groups in total. The molecule has 4 rings (SSSR count). The standard InChI is InChI=1S/C27H36O4/c1-17-13-19(30-7)14-18-9-12-27(6,31-22(17)18)21-16-25(4)10-8-11-26(25,5)23(28)20(21)15-24(2,3)29/h9,12-14,29H,8,10-11,15-16H2,1-7H3/t25-,26-,27-/m1/s1. The molecule has 1 saturated carbocycles. The number of hydrogen-bond acceptors (Lipinski definition) is 4. The number of ketones is 1. The molecule has 0 bridgehead atoms. The molecule has 1 fully saturated rings. The van der Waals surface area contributed by atoms with E-state index >= 15 is 0 Å². The molecule has 2 aliphatic carbocycles. The first-order valence-corrected chi connectivity index (χ1v) is 11.4. The number of benzene rings is 1. The normalized spacial score (nSPS) is 32.6. The van der Waals surface area contributed by atoms with Crippen molar-refractivity contribution in [3.8, 4) is 11.5 Å². The minimum absolute atomic E-state index is 0.0854. The Labute approximate surface area is 186 Å². The second-order valence-corrected chi connectivity index (χ2v) is 11.1. The third-order valence-electron chi connectivity index (χ3n) is 8.06. The van der Waals surface area contributed by atoms with Crippen molar-refractivity contribution < 1.29 is 19.4 Å². The van der Waals surface area contributed by atoms with Gasteiger partial charge in [0.15, 0.2) is 5.78 Å². The van der Waals surface area contributed by atoms with Crippen molar-refractivity contribution in [1.82, 2.24) is 0 Å². The Hall–Kier alpha value is -2.07. The van der Waals surface area contributed by atoms with Gasteiger partial charge in [-0.05, 0) is 81.7 Å². The highest BCUT2D eigenvalue weighted by atomic mass is 16.5. The molecule has 0 radical (unpaired) electrons. The monoisotopic (exact) mass is 424 g/mol. The highest BCUT2D eigenvalue weighted by Crippen LogP contribution is 2.62. The van der Waals surface area contributed by atoms with E-state index in [4.69, 9.17) is 9.47 Å². The molecule has 1 aromatic rings. The summed E-state index contributed by atoms with van der Waals surface area (Å²) in [5.41, 5.74) is 1.64. The van der Waals surface area contributed by atoms with Gasteiger partial charge in [0.1, 0.15) is 17.1 Å². The Bertz CT molecular complexity index is 995. The van der Waals surface area contributed by atoms with Gasteiger partial charge in [-0.15, -0.1) is 0 Å². The lowest BCUT2D eigenvalue weighted by atomic mass is 9.55. The molecule has 31 heavy (non-hydrogen) atoms. The van der Waals surface area contributed by atoms with Crippen LogP contribution in [0.25, 0.3) is 6.08 Å². The summed E-state index contributed by atoms with van der Waals surface area (Å²) in [6, 6.07) is 3.96. The van der Waals surface area contributed by atoms with Crippen LogP contribution in [0.1, 0.15) is 77.8 Å². The number of aryl methyl sites for hydroxylation is 1. The van der Waals surface area contributed by atoms with Crippen LogP contribution in [0.2, 0.25) is 0 Å². The summed E-state index contributed by atoms with van der Waals surface area (Å²) in [5.74, 6) is 1.83. The maximum Gasteiger partial charge on any atom is 0.165 e. The van der Waals surface area contributed by atoms with Crippen LogP contribution in [-0.4, -0.2) is 29.2 Å². The van der Waals surface area contributed by atoms with Crippen molar-refractivity contribution in [3.63, 3.8) is 0 Å². The van der Waals surface area contributed by atoms with Crippen molar-refractivity contribution in [1.29, 1.82) is 0 Å². The third kappa shape index (κ3) is 3.44. The Kier molecular flexibility index (Phi) is 4.97. The molecule has 0 spiro atoms. The Balaban J connectivity index is 1.86. The Morgan fingerprint density at radius 3 is 2.55 bits per heavy atom. The van der Waals surface area contributed by atoms with Crippen LogP contribution in [0.5, 0.6) is 11.5 Å². The van der Waals surface area contributed by atoms with E-state index in [2.05, 4.69) is 32.9 Å². The second kappa shape index (κ2) is 6.96. The Morgan fingerprint density at radius 2 is 1.90 bits per heavy atom. The van der Waals surface area contributed by atoms with Gasteiger partial charge in [-0.3, -0.25) is 4.79 Å². The highest BCUT2D eigenvalue weighted by Gasteiger charge is 2.59. The van der Waals surface area contributed by atoms with E-state index in [9.17, 15) is 9.90 Å². The van der Waals surface area contributed by atoms with Gasteiger partial charge in [0.05, 0.1) is 12.7 Å². The van der Waals surface area contributed by atoms with Crippen molar-refractivity contribution >= 4 is 11.9 Å². The molecular formula is C27H36O4. The molecule has 168 valence electrons. The minimum atomic E-state index is -0.963. The van der Waals surface area contributed by atoms with Gasteiger partial charge in [0, 0.05) is 23.0 Å². The van der Waals surface area contributed by atoms with E-state index in [1.54, 1.807) is 21.0 Å². The molecule has 3 aliphatic rings. The van der Waals surface area contributed by atoms with Gasteiger partial charge in [-0.25, -0.2) is 0 Å². The zero-order valence-corrected chi connectivity index (χ0v) is 20.0. The first-order chi connectivity index (χ1) is 14.3. The van der Waals surface area contributed by atoms with Crippen LogP contribution in [0.15, 0.2) is 29.4 Å². The molecule has 0 aromatic heterocycles. The van der Waals surface area contributed by atoms with E-state index in [0.29, 0.717) is 6.42 Å². The maximum absolute atomic E-state index is 13.9. The molecule has 0 saturated heterocycles. The zero-order chi connectivity index (χ0) is 22.8. The van der Waals surface area contributed by atoms with Gasteiger partial charge in [-0.1, -0.05) is 26.3 Å². The molecule has 3 atom stereocenters. The summed E-state index contributed by atoms with van der Waals surface area (Å²) >= 11 is 0. The number of methoxy groups -OCH3 is 1. The van der Waals surface area contributed by atoms with Gasteiger partial charge in [-0.2, -0.15) is 0 Å². The summed E-state index contributed by atoms with van der Waals surface area (Å²) < 4.78 is 12.1. The number of hydrogen-bond donors (Lipinski definition) is 1. The number of Topliss-reactive ketones (excluding diaryl/α,β-unsaturated/α-hetero) is 1. The molecular weight excluding hydrogens is 388 g/mol. The molecule has 1 heterocycles. The average molecular weight is 425 g/mol. The molecule has 4 heteroatoms. The van der Waals surface area contributed by atoms with Crippen LogP contribution in [0.3, 0.4) is 0 Å². The molecule has 4 nitrogen and oxygen atoms in total. The number of fused-ring (bicyclic) bond motifs is 2. The van der Waals surface area contributed by atoms with Gasteiger partial charge in [0.25, 0.3) is 0 Å². The SMILES string of the molecule is COc1cc(C)c2c(c1)C=C[C@](C)(C1=C(CC(C)(C)O)C(=O)[C@@]3(C)CCC[C@]3(C)C1)O2. The van der Waals surface area contributed by atoms with Crippen molar-refractivity contribution in [2.45, 2.75) is 84.8 Å². The fourth-order valence-corrected chi connectivity index (χ4v) is 5.95. The fraction of sp³-hybridized carbons (Fsp3) is 0.593. The zero-order valence-electron chi connectivity index (χ0n) is 20.0. The second-order valence-electron chi connectivity index (χ2n) is 11.1. The van der Waals surface area contributed by atoms with Crippen LogP contribution in [0.4, 0.5) is 0 Å². The van der Waals surface area contributed by atoms with Crippen LogP contribution in [-0.2, 0) is 4.79 Å². The predicted molar refractivity (Wildman–Crippen MR) is 123 cm³/mol. The van der Waals surface area contributed by atoms with Gasteiger partial charge < -0.3 is 14.6 Å². The third-order valence-corrected chi connectivity index (χ3v) is 8.06. The van der Waals surface area contributed by atoms with E-state index in [-0.39, 0.29) is 16.6 Å². The highest BCUT2D eigenvalue weighted by molar-refractivity contribution is 6.03. The average Bonchev–Trinajstić information content (AvgIpc) is 2.99. The van der Waals surface area contributed by atoms with E-state index < -0.39 is 11.2 Å². The van der Waals surface area contributed by atoms with Gasteiger partial charge in [0.2, 0.25) is 0 Å².